The molecule has 7 aromatic rings. The van der Waals surface area contributed by atoms with E-state index in [1.807, 2.05) is 18.2 Å². The zero-order valence-corrected chi connectivity index (χ0v) is 34.2. The average Bonchev–Trinajstić information content (AvgIpc) is 3.59. The molecule has 4 heteroatoms. The molecule has 0 bridgehead atoms. The monoisotopic (exact) mass is 740 g/mol. The number of nitrogens with zero attached hydrogens (tertiary/aromatic N) is 2. The maximum Gasteiger partial charge on any atom is 0.160 e. The Balaban J connectivity index is 1.31. The van der Waals surface area contributed by atoms with Crippen molar-refractivity contribution < 1.29 is 0 Å². The van der Waals surface area contributed by atoms with Crippen LogP contribution in [-0.2, 0) is 0 Å². The fraction of sp³-hybridized carbons (Fsp3) is 0.0980. The van der Waals surface area contributed by atoms with Crippen molar-refractivity contribution >= 4 is 54.1 Å². The van der Waals surface area contributed by atoms with Gasteiger partial charge in [-0.05, 0) is 89.9 Å². The highest BCUT2D eigenvalue weighted by atomic mass is 28.3. The lowest BCUT2D eigenvalue weighted by Gasteiger charge is -2.22. The van der Waals surface area contributed by atoms with E-state index in [0.29, 0.717) is 11.5 Å². The molecule has 0 fully saturated rings. The van der Waals surface area contributed by atoms with Crippen LogP contribution in [0.2, 0.25) is 26.2 Å². The summed E-state index contributed by atoms with van der Waals surface area (Å²) in [5, 5.41) is 5.85. The molecule has 2 aliphatic heterocycles. The van der Waals surface area contributed by atoms with Gasteiger partial charge in [-0.3, -0.25) is 0 Å². The van der Waals surface area contributed by atoms with Gasteiger partial charge in [0.2, 0.25) is 0 Å². The van der Waals surface area contributed by atoms with Gasteiger partial charge in [-0.2, -0.15) is 0 Å². The molecule has 2 heterocycles. The summed E-state index contributed by atoms with van der Waals surface area (Å²) in [4.78, 5) is 11.0. The minimum Gasteiger partial charge on any atom is -0.233 e. The van der Waals surface area contributed by atoms with E-state index < -0.39 is 16.1 Å². The average molecular weight is 741 g/mol. The molecule has 55 heavy (non-hydrogen) atoms. The first-order chi connectivity index (χ1) is 26.6. The topological polar surface area (TPSA) is 24.7 Å². The van der Waals surface area contributed by atoms with Crippen molar-refractivity contribution in [2.24, 2.45) is 9.98 Å². The van der Waals surface area contributed by atoms with Gasteiger partial charge in [0.05, 0.1) is 5.70 Å². The number of fused-ring (bicyclic) bond motifs is 6. The predicted molar refractivity (Wildman–Crippen MR) is 242 cm³/mol. The summed E-state index contributed by atoms with van der Waals surface area (Å²) in [5.41, 5.74) is 14.8. The van der Waals surface area contributed by atoms with Crippen LogP contribution >= 0.6 is 0 Å². The zero-order valence-electron chi connectivity index (χ0n) is 32.2. The third kappa shape index (κ3) is 5.84. The largest absolute Gasteiger partial charge is 0.233 e. The summed E-state index contributed by atoms with van der Waals surface area (Å²) in [7, 11) is -3.99. The van der Waals surface area contributed by atoms with E-state index in [1.165, 1.54) is 54.1 Å². The van der Waals surface area contributed by atoms with Gasteiger partial charge in [0.1, 0.15) is 16.1 Å². The summed E-state index contributed by atoms with van der Waals surface area (Å²) in [5.74, 6) is 0.674. The maximum absolute atomic E-state index is 5.64. The number of benzene rings is 7. The van der Waals surface area contributed by atoms with E-state index in [4.69, 9.17) is 9.98 Å². The van der Waals surface area contributed by atoms with Crippen LogP contribution in [0, 0.1) is 0 Å². The highest BCUT2D eigenvalue weighted by Crippen LogP contribution is 2.37. The van der Waals surface area contributed by atoms with Crippen LogP contribution in [0.25, 0.3) is 50.2 Å². The Morgan fingerprint density at radius 2 is 0.836 bits per heavy atom. The minimum atomic E-state index is -2.02. The molecule has 0 aromatic heterocycles. The van der Waals surface area contributed by atoms with Crippen molar-refractivity contribution in [1.29, 1.82) is 0 Å². The predicted octanol–water partition coefficient (Wildman–Crippen LogP) is 10.6. The lowest BCUT2D eigenvalue weighted by molar-refractivity contribution is 1.44. The molecule has 2 nitrogen and oxygen atoms in total. The van der Waals surface area contributed by atoms with Crippen LogP contribution in [0.1, 0.15) is 23.6 Å². The maximum atomic E-state index is 5.64. The molecule has 0 unspecified atom stereocenters. The molecule has 2 aliphatic rings. The number of rotatable bonds is 6. The second kappa shape index (κ2) is 13.4. The van der Waals surface area contributed by atoms with Gasteiger partial charge in [-0.15, -0.1) is 0 Å². The Morgan fingerprint density at radius 1 is 0.418 bits per heavy atom. The first kappa shape index (κ1) is 34.8. The Kier molecular flexibility index (Phi) is 8.49. The van der Waals surface area contributed by atoms with Crippen molar-refractivity contribution in [3.8, 4) is 44.5 Å². The number of hydrogen-bond acceptors (Lipinski definition) is 1. The van der Waals surface area contributed by atoms with Crippen molar-refractivity contribution in [1.82, 2.24) is 0 Å². The second-order valence-electron chi connectivity index (χ2n) is 15.9. The van der Waals surface area contributed by atoms with Gasteiger partial charge in [0.25, 0.3) is 0 Å². The Morgan fingerprint density at radius 3 is 1.35 bits per heavy atom. The molecular weight excluding hydrogens is 697 g/mol. The van der Waals surface area contributed by atoms with E-state index in [0.717, 1.165) is 33.5 Å². The lowest BCUT2D eigenvalue weighted by Crippen LogP contribution is -2.49. The van der Waals surface area contributed by atoms with Crippen LogP contribution in [0.4, 0.5) is 0 Å². The molecule has 0 atom stereocenters. The van der Waals surface area contributed by atoms with Crippen LogP contribution in [0.3, 0.4) is 0 Å². The van der Waals surface area contributed by atoms with Crippen LogP contribution < -0.4 is 20.7 Å². The molecule has 7 aromatic carbocycles. The number of hydrogen-bond donors (Lipinski definition) is 0. The van der Waals surface area contributed by atoms with Crippen LogP contribution in [0.5, 0.6) is 0 Å². The summed E-state index contributed by atoms with van der Waals surface area (Å²) < 4.78 is 0. The lowest BCUT2D eigenvalue weighted by atomic mass is 9.92. The Bertz CT molecular complexity index is 2710. The summed E-state index contributed by atoms with van der Waals surface area (Å²) in [6, 6.07) is 59.5. The SMILES string of the molecule is C=C(/N=C(\N=C(/C)c1cc2c(cc1-c1ccccc1)-c1ccccc1[Si]2(C)C)c1cc2c(cc1-c1ccccc1)-c1ccccc1[Si]2(C)C)c1ccccc1. The summed E-state index contributed by atoms with van der Waals surface area (Å²) in [6.45, 7) is 16.6. The van der Waals surface area contributed by atoms with E-state index in [1.54, 1.807) is 0 Å². The van der Waals surface area contributed by atoms with Crippen LogP contribution in [-0.4, -0.2) is 27.7 Å². The van der Waals surface area contributed by atoms with E-state index in [9.17, 15) is 0 Å². The number of amidine groups is 1. The van der Waals surface area contributed by atoms with E-state index >= 15 is 0 Å². The third-order valence-corrected chi connectivity index (χ3v) is 19.0. The fourth-order valence-electron chi connectivity index (χ4n) is 8.88. The van der Waals surface area contributed by atoms with Crippen molar-refractivity contribution in [2.45, 2.75) is 33.1 Å². The van der Waals surface area contributed by atoms with Gasteiger partial charge in [-0.1, -0.05) is 184 Å². The molecule has 0 aliphatic carbocycles. The molecule has 0 spiro atoms. The van der Waals surface area contributed by atoms with Gasteiger partial charge >= 0.3 is 0 Å². The van der Waals surface area contributed by atoms with Gasteiger partial charge < -0.3 is 0 Å². The Labute approximate surface area is 327 Å². The molecule has 0 saturated carbocycles. The van der Waals surface area contributed by atoms with Crippen molar-refractivity contribution in [3.05, 3.63) is 187 Å². The molecule has 0 saturated heterocycles. The van der Waals surface area contributed by atoms with Crippen LogP contribution in [0.15, 0.2) is 180 Å². The third-order valence-electron chi connectivity index (χ3n) is 11.9. The molecule has 0 N–H and O–H groups in total. The minimum absolute atomic E-state index is 0.674. The normalized spacial score (nSPS) is 14.9. The number of aliphatic imine (C=N–C) groups is 2. The molecule has 266 valence electrons. The van der Waals surface area contributed by atoms with E-state index in [2.05, 4.69) is 185 Å². The van der Waals surface area contributed by atoms with Gasteiger partial charge in [0, 0.05) is 16.8 Å². The Hall–Kier alpha value is -5.95. The van der Waals surface area contributed by atoms with Crippen molar-refractivity contribution in [3.63, 3.8) is 0 Å². The second-order valence-corrected chi connectivity index (χ2v) is 24.6. The zero-order chi connectivity index (χ0) is 37.9. The molecule has 0 amide bonds. The van der Waals surface area contributed by atoms with Crippen molar-refractivity contribution in [2.75, 3.05) is 0 Å². The highest BCUT2D eigenvalue weighted by Gasteiger charge is 2.39. The highest BCUT2D eigenvalue weighted by molar-refractivity contribution is 7.04. The standard InChI is InChI=1S/C51H44N2Si2/c1-34(36-20-10-7-11-21-36)52-51(46-33-50-45(31-43(46)38-24-14-9-15-25-38)40-27-17-19-29-48(40)55(50,5)6)53-35(2)41-32-49-44(30-42(41)37-22-12-8-13-23-37)39-26-16-18-28-47(39)54(49,3)4/h7-33H,1H2,2-6H3/b52-51-,53-35+. The molecule has 0 radical (unpaired) electrons. The molecular formula is C51H44N2Si2. The van der Waals surface area contributed by atoms with Gasteiger partial charge in [-0.25, -0.2) is 9.98 Å². The first-order valence-corrected chi connectivity index (χ1v) is 25.2. The van der Waals surface area contributed by atoms with E-state index in [-0.39, 0.29) is 0 Å². The first-order valence-electron chi connectivity index (χ1n) is 19.2. The fourth-order valence-corrected chi connectivity index (χ4v) is 15.0. The van der Waals surface area contributed by atoms with Gasteiger partial charge in [0.15, 0.2) is 5.84 Å². The smallest absolute Gasteiger partial charge is 0.160 e. The summed E-state index contributed by atoms with van der Waals surface area (Å²) in [6.07, 6.45) is 0. The molecule has 9 rings (SSSR count). The quantitative estimate of drug-likeness (QED) is 0.0922. The summed E-state index contributed by atoms with van der Waals surface area (Å²) >= 11 is 0.